The molecule has 1 aromatic heterocycles. The third kappa shape index (κ3) is 4.58. The number of pyridine rings is 1. The topological polar surface area (TPSA) is 28.2 Å². The van der Waals surface area contributed by atoms with Crippen molar-refractivity contribution in [2.45, 2.75) is 45.6 Å². The zero-order chi connectivity index (χ0) is 14.7. The van der Waals surface area contributed by atoms with Crippen LogP contribution >= 0.6 is 11.6 Å². The lowest BCUT2D eigenvalue weighted by Crippen LogP contribution is -2.29. The first-order chi connectivity index (χ1) is 10.3. The van der Waals surface area contributed by atoms with Crippen LogP contribution in [0.1, 0.15) is 44.7 Å². The summed E-state index contributed by atoms with van der Waals surface area (Å²) >= 11 is 6.29. The van der Waals surface area contributed by atoms with Crippen molar-refractivity contribution in [3.63, 3.8) is 0 Å². The maximum Gasteiger partial charge on any atom is 0.128 e. The van der Waals surface area contributed by atoms with Gasteiger partial charge in [-0.2, -0.15) is 0 Å². The molecule has 0 aliphatic heterocycles. The van der Waals surface area contributed by atoms with Gasteiger partial charge in [-0.05, 0) is 62.6 Å². The van der Waals surface area contributed by atoms with Crippen LogP contribution in [0, 0.1) is 11.8 Å². The van der Waals surface area contributed by atoms with E-state index in [1.54, 1.807) is 0 Å². The second-order valence-corrected chi connectivity index (χ2v) is 6.97. The van der Waals surface area contributed by atoms with E-state index in [1.165, 1.54) is 38.8 Å². The second-order valence-electron chi connectivity index (χ2n) is 6.57. The molecule has 116 valence electrons. The number of rotatable bonds is 9. The molecule has 0 spiro atoms. The maximum atomic E-state index is 6.29. The molecule has 2 saturated carbocycles. The van der Waals surface area contributed by atoms with Gasteiger partial charge in [-0.1, -0.05) is 18.5 Å². The first-order valence-electron chi connectivity index (χ1n) is 8.37. The van der Waals surface area contributed by atoms with Gasteiger partial charge < -0.3 is 10.2 Å². The molecule has 0 radical (unpaired) electrons. The Morgan fingerprint density at radius 1 is 1.19 bits per heavy atom. The van der Waals surface area contributed by atoms with Crippen molar-refractivity contribution < 1.29 is 0 Å². The van der Waals surface area contributed by atoms with Crippen molar-refractivity contribution in [3.8, 4) is 0 Å². The zero-order valence-electron chi connectivity index (χ0n) is 12.9. The van der Waals surface area contributed by atoms with Crippen LogP contribution in [0.25, 0.3) is 0 Å². The molecule has 2 aliphatic rings. The molecule has 0 unspecified atom stereocenters. The summed E-state index contributed by atoms with van der Waals surface area (Å²) in [6, 6.07) is 4.11. The van der Waals surface area contributed by atoms with Crippen molar-refractivity contribution in [3.05, 3.63) is 22.8 Å². The fourth-order valence-electron chi connectivity index (χ4n) is 2.64. The summed E-state index contributed by atoms with van der Waals surface area (Å²) in [6.45, 7) is 6.29. The monoisotopic (exact) mass is 307 g/mol. The molecule has 2 fully saturated rings. The summed E-state index contributed by atoms with van der Waals surface area (Å²) in [4.78, 5) is 7.33. The lowest BCUT2D eigenvalue weighted by atomic mass is 10.2. The van der Waals surface area contributed by atoms with Crippen molar-refractivity contribution in [2.24, 2.45) is 11.8 Å². The van der Waals surface area contributed by atoms with Gasteiger partial charge in [0.1, 0.15) is 5.82 Å². The molecular formula is C17H26ClN3. The van der Waals surface area contributed by atoms with Gasteiger partial charge in [-0.15, -0.1) is 0 Å². The first-order valence-corrected chi connectivity index (χ1v) is 8.75. The number of anilines is 1. The van der Waals surface area contributed by atoms with E-state index in [0.29, 0.717) is 0 Å². The maximum absolute atomic E-state index is 6.29. The van der Waals surface area contributed by atoms with Crippen LogP contribution in [0.2, 0.25) is 5.02 Å². The van der Waals surface area contributed by atoms with Crippen LogP contribution in [0.5, 0.6) is 0 Å². The highest BCUT2D eigenvalue weighted by molar-refractivity contribution is 6.31. The Bertz CT molecular complexity index is 455. The molecule has 4 heteroatoms. The Hall–Kier alpha value is -0.800. The second kappa shape index (κ2) is 6.97. The molecule has 1 aromatic rings. The largest absolute Gasteiger partial charge is 0.356 e. The third-order valence-electron chi connectivity index (χ3n) is 4.30. The quantitative estimate of drug-likeness (QED) is 0.702. The molecule has 3 rings (SSSR count). The Morgan fingerprint density at radius 3 is 2.43 bits per heavy atom. The average molecular weight is 308 g/mol. The molecule has 0 aromatic carbocycles. The summed E-state index contributed by atoms with van der Waals surface area (Å²) in [5.74, 6) is 2.90. The van der Waals surface area contributed by atoms with Crippen LogP contribution in [-0.2, 0) is 6.54 Å². The van der Waals surface area contributed by atoms with E-state index >= 15 is 0 Å². The smallest absolute Gasteiger partial charge is 0.128 e. The van der Waals surface area contributed by atoms with Gasteiger partial charge in [0.15, 0.2) is 0 Å². The summed E-state index contributed by atoms with van der Waals surface area (Å²) in [5, 5.41) is 4.18. The first kappa shape index (κ1) is 15.1. The summed E-state index contributed by atoms with van der Waals surface area (Å²) in [5.41, 5.74) is 0.985. The normalized spacial score (nSPS) is 18.0. The summed E-state index contributed by atoms with van der Waals surface area (Å²) in [7, 11) is 0. The number of nitrogens with zero attached hydrogens (tertiary/aromatic N) is 2. The molecule has 1 N–H and O–H groups in total. The highest BCUT2D eigenvalue weighted by atomic mass is 35.5. The van der Waals surface area contributed by atoms with E-state index in [9.17, 15) is 0 Å². The zero-order valence-corrected chi connectivity index (χ0v) is 13.7. The minimum absolute atomic E-state index is 0.765. The number of halogens is 1. The van der Waals surface area contributed by atoms with Gasteiger partial charge in [0.25, 0.3) is 0 Å². The minimum atomic E-state index is 0.765. The molecule has 2 aliphatic carbocycles. The van der Waals surface area contributed by atoms with Gasteiger partial charge in [-0.25, -0.2) is 4.98 Å². The molecule has 3 nitrogen and oxygen atoms in total. The third-order valence-corrected chi connectivity index (χ3v) is 4.64. The van der Waals surface area contributed by atoms with E-state index in [1.807, 2.05) is 6.07 Å². The standard InChI is InChI=1S/C17H26ClN3/c1-2-9-19-10-16-15(18)7-8-17(20-16)21(11-13-3-4-13)12-14-5-6-14/h7-8,13-14,19H,2-6,9-12H2,1H3. The molecule has 1 heterocycles. The van der Waals surface area contributed by atoms with Crippen molar-refractivity contribution in [2.75, 3.05) is 24.5 Å². The Morgan fingerprint density at radius 2 is 1.86 bits per heavy atom. The molecule has 21 heavy (non-hydrogen) atoms. The number of nitrogens with one attached hydrogen (secondary N) is 1. The van der Waals surface area contributed by atoms with Gasteiger partial charge in [0.2, 0.25) is 0 Å². The fourth-order valence-corrected chi connectivity index (χ4v) is 2.81. The molecule has 0 saturated heterocycles. The Balaban J connectivity index is 1.69. The number of hydrogen-bond donors (Lipinski definition) is 1. The van der Waals surface area contributed by atoms with Gasteiger partial charge in [0.05, 0.1) is 10.7 Å². The van der Waals surface area contributed by atoms with Crippen molar-refractivity contribution >= 4 is 17.4 Å². The SMILES string of the molecule is CCCNCc1nc(N(CC2CC2)CC2CC2)ccc1Cl. The Kier molecular flexibility index (Phi) is 5.02. The van der Waals surface area contributed by atoms with E-state index in [-0.39, 0.29) is 0 Å². The van der Waals surface area contributed by atoms with Crippen LogP contribution < -0.4 is 10.2 Å². The van der Waals surface area contributed by atoms with Crippen molar-refractivity contribution in [1.29, 1.82) is 0 Å². The van der Waals surface area contributed by atoms with Crippen LogP contribution in [0.15, 0.2) is 12.1 Å². The fraction of sp³-hybridized carbons (Fsp3) is 0.706. The van der Waals surface area contributed by atoms with Crippen LogP contribution in [0.3, 0.4) is 0 Å². The van der Waals surface area contributed by atoms with E-state index < -0.39 is 0 Å². The summed E-state index contributed by atoms with van der Waals surface area (Å²) in [6.07, 6.45) is 6.69. The van der Waals surface area contributed by atoms with Gasteiger partial charge >= 0.3 is 0 Å². The predicted octanol–water partition coefficient (Wildman–Crippen LogP) is 3.86. The van der Waals surface area contributed by atoms with E-state index in [4.69, 9.17) is 16.6 Å². The van der Waals surface area contributed by atoms with Crippen LogP contribution in [0.4, 0.5) is 5.82 Å². The summed E-state index contributed by atoms with van der Waals surface area (Å²) < 4.78 is 0. The Labute approximate surface area is 133 Å². The number of hydrogen-bond acceptors (Lipinski definition) is 3. The average Bonchev–Trinajstić information content (AvgIpc) is 3.36. The lowest BCUT2D eigenvalue weighted by molar-refractivity contribution is 0.651. The van der Waals surface area contributed by atoms with Crippen molar-refractivity contribution in [1.82, 2.24) is 10.3 Å². The lowest BCUT2D eigenvalue weighted by Gasteiger charge is -2.24. The predicted molar refractivity (Wildman–Crippen MR) is 88.9 cm³/mol. The molecule has 0 bridgehead atoms. The molecule has 0 amide bonds. The van der Waals surface area contributed by atoms with Crippen LogP contribution in [-0.4, -0.2) is 24.6 Å². The molecule has 0 atom stereocenters. The van der Waals surface area contributed by atoms with Gasteiger partial charge in [0, 0.05) is 19.6 Å². The molecular weight excluding hydrogens is 282 g/mol. The number of aromatic nitrogens is 1. The van der Waals surface area contributed by atoms with Gasteiger partial charge in [-0.3, -0.25) is 0 Å². The highest BCUT2D eigenvalue weighted by Gasteiger charge is 2.30. The minimum Gasteiger partial charge on any atom is -0.356 e. The van der Waals surface area contributed by atoms with E-state index in [2.05, 4.69) is 23.2 Å². The highest BCUT2D eigenvalue weighted by Crippen LogP contribution is 2.35. The van der Waals surface area contributed by atoms with E-state index in [0.717, 1.165) is 47.9 Å².